The Hall–Kier alpha value is -1.10. The molecule has 2 atom stereocenters. The van der Waals surface area contributed by atoms with Crippen molar-refractivity contribution in [3.63, 3.8) is 0 Å². The van der Waals surface area contributed by atoms with Crippen molar-refractivity contribution in [2.24, 2.45) is 0 Å². The maximum Gasteiger partial charge on any atom is 0.522 e. The van der Waals surface area contributed by atoms with Crippen molar-refractivity contribution in [1.29, 1.82) is 0 Å². The highest BCUT2D eigenvalue weighted by atomic mass is 19.4. The van der Waals surface area contributed by atoms with E-state index in [-0.39, 0.29) is 12.0 Å². The second kappa shape index (κ2) is 3.20. The molecular formula is C10H7F4O. The first-order chi connectivity index (χ1) is 6.92. The normalized spacial score (nSPS) is 30.3. The summed E-state index contributed by atoms with van der Waals surface area (Å²) in [5, 5.41) is 0. The van der Waals surface area contributed by atoms with Crippen molar-refractivity contribution in [1.82, 2.24) is 0 Å². The molecule has 15 heavy (non-hydrogen) atoms. The van der Waals surface area contributed by atoms with Crippen molar-refractivity contribution < 1.29 is 22.3 Å². The molecule has 1 saturated carbocycles. The number of alkyl halides is 4. The number of hydrogen-bond donors (Lipinski definition) is 0. The number of benzene rings is 1. The third-order valence-electron chi connectivity index (χ3n) is 2.27. The Morgan fingerprint density at radius 3 is 2.67 bits per heavy atom. The predicted molar refractivity (Wildman–Crippen MR) is 43.6 cm³/mol. The Labute approximate surface area is 83.7 Å². The Balaban J connectivity index is 2.08. The van der Waals surface area contributed by atoms with Crippen LogP contribution in [0.4, 0.5) is 17.6 Å². The van der Waals surface area contributed by atoms with Crippen LogP contribution in [0, 0.1) is 6.07 Å². The molecule has 1 aliphatic rings. The predicted octanol–water partition coefficient (Wildman–Crippen LogP) is 2.96. The molecule has 0 heterocycles. The van der Waals surface area contributed by atoms with Gasteiger partial charge in [-0.1, -0.05) is 24.3 Å². The first-order valence-electron chi connectivity index (χ1n) is 4.32. The average Bonchev–Trinajstić information content (AvgIpc) is 2.77. The zero-order valence-electron chi connectivity index (χ0n) is 7.51. The van der Waals surface area contributed by atoms with Crippen molar-refractivity contribution in [3.8, 4) is 0 Å². The van der Waals surface area contributed by atoms with E-state index in [1.165, 1.54) is 12.1 Å². The smallest absolute Gasteiger partial charge is 0.285 e. The molecule has 2 rings (SSSR count). The SMILES string of the molecule is FC(F)(F)OC1CC1(F)c1[c]cccc1. The van der Waals surface area contributed by atoms with E-state index in [9.17, 15) is 17.6 Å². The third-order valence-corrected chi connectivity index (χ3v) is 2.27. The topological polar surface area (TPSA) is 9.23 Å². The number of ether oxygens (including phenoxy) is 1. The molecule has 1 nitrogen and oxygen atoms in total. The van der Waals surface area contributed by atoms with Gasteiger partial charge in [-0.3, -0.25) is 4.74 Å². The fraction of sp³-hybridized carbons (Fsp3) is 0.400. The summed E-state index contributed by atoms with van der Waals surface area (Å²) in [5.41, 5.74) is -1.92. The van der Waals surface area contributed by atoms with Gasteiger partial charge >= 0.3 is 6.36 Å². The van der Waals surface area contributed by atoms with Gasteiger partial charge in [0.05, 0.1) is 0 Å². The van der Waals surface area contributed by atoms with E-state index >= 15 is 0 Å². The summed E-state index contributed by atoms with van der Waals surface area (Å²) >= 11 is 0. The molecule has 0 spiro atoms. The van der Waals surface area contributed by atoms with Gasteiger partial charge in [-0.15, -0.1) is 13.2 Å². The summed E-state index contributed by atoms with van der Waals surface area (Å²) in [7, 11) is 0. The molecule has 0 aliphatic heterocycles. The summed E-state index contributed by atoms with van der Waals surface area (Å²) in [6.07, 6.45) is -6.49. The van der Waals surface area contributed by atoms with Gasteiger partial charge in [0, 0.05) is 6.42 Å². The Morgan fingerprint density at radius 1 is 1.40 bits per heavy atom. The highest BCUT2D eigenvalue weighted by Crippen LogP contribution is 2.53. The zero-order chi connectivity index (χ0) is 11.1. The summed E-state index contributed by atoms with van der Waals surface area (Å²) in [6, 6.07) is 8.60. The average molecular weight is 219 g/mol. The number of rotatable bonds is 2. The van der Waals surface area contributed by atoms with E-state index in [2.05, 4.69) is 10.8 Å². The van der Waals surface area contributed by atoms with Crippen LogP contribution in [-0.2, 0) is 10.4 Å². The standard InChI is InChI=1S/C10H7F4O/c11-9(7-4-2-1-3-5-7)6-8(9)15-10(12,13)14/h1-4,8H,6H2. The third kappa shape index (κ3) is 2.12. The lowest BCUT2D eigenvalue weighted by atomic mass is 10.1. The van der Waals surface area contributed by atoms with Gasteiger partial charge in [0.25, 0.3) is 0 Å². The van der Waals surface area contributed by atoms with Crippen LogP contribution in [0.5, 0.6) is 0 Å². The van der Waals surface area contributed by atoms with Gasteiger partial charge in [-0.05, 0) is 11.6 Å². The zero-order valence-corrected chi connectivity index (χ0v) is 7.51. The van der Waals surface area contributed by atoms with E-state index in [1.807, 2.05) is 0 Å². The van der Waals surface area contributed by atoms with Gasteiger partial charge in [0.15, 0.2) is 5.67 Å². The van der Waals surface area contributed by atoms with Crippen molar-refractivity contribution in [2.45, 2.75) is 24.6 Å². The Morgan fingerprint density at radius 2 is 2.13 bits per heavy atom. The van der Waals surface area contributed by atoms with Crippen molar-refractivity contribution in [2.75, 3.05) is 0 Å². The lowest BCUT2D eigenvalue weighted by Gasteiger charge is -2.10. The molecule has 5 heteroatoms. The first-order valence-corrected chi connectivity index (χ1v) is 4.32. The van der Waals surface area contributed by atoms with Gasteiger partial charge < -0.3 is 0 Å². The van der Waals surface area contributed by atoms with Gasteiger partial charge in [-0.25, -0.2) is 4.39 Å². The van der Waals surface area contributed by atoms with Crippen LogP contribution in [0.2, 0.25) is 0 Å². The molecule has 0 bridgehead atoms. The van der Waals surface area contributed by atoms with E-state index in [4.69, 9.17) is 0 Å². The molecule has 1 aliphatic carbocycles. The monoisotopic (exact) mass is 219 g/mol. The minimum absolute atomic E-state index is 0.110. The van der Waals surface area contributed by atoms with Gasteiger partial charge in [0.1, 0.15) is 6.10 Å². The van der Waals surface area contributed by atoms with Crippen LogP contribution < -0.4 is 0 Å². The molecule has 1 aromatic rings. The van der Waals surface area contributed by atoms with Gasteiger partial charge in [-0.2, -0.15) is 0 Å². The molecule has 1 radical (unpaired) electrons. The molecule has 0 N–H and O–H groups in total. The molecule has 0 aromatic heterocycles. The van der Waals surface area contributed by atoms with Crippen LogP contribution in [0.1, 0.15) is 12.0 Å². The summed E-state index contributed by atoms with van der Waals surface area (Å²) in [6.45, 7) is 0. The lowest BCUT2D eigenvalue weighted by Crippen LogP contribution is -2.19. The Bertz CT molecular complexity index is 348. The number of hydrogen-bond acceptors (Lipinski definition) is 1. The minimum atomic E-state index is -4.78. The number of halogens is 4. The quantitative estimate of drug-likeness (QED) is 0.695. The Kier molecular flexibility index (Phi) is 2.22. The summed E-state index contributed by atoms with van der Waals surface area (Å²) < 4.78 is 52.8. The van der Waals surface area contributed by atoms with E-state index in [0.29, 0.717) is 0 Å². The van der Waals surface area contributed by atoms with Crippen LogP contribution in [0.3, 0.4) is 0 Å². The largest absolute Gasteiger partial charge is 0.522 e. The molecule has 2 unspecified atom stereocenters. The van der Waals surface area contributed by atoms with E-state index in [1.54, 1.807) is 12.1 Å². The fourth-order valence-corrected chi connectivity index (χ4v) is 1.44. The molecule has 1 fully saturated rings. The first kappa shape index (κ1) is 10.4. The summed E-state index contributed by atoms with van der Waals surface area (Å²) in [5.74, 6) is 0. The van der Waals surface area contributed by atoms with Crippen LogP contribution in [-0.4, -0.2) is 12.5 Å². The maximum absolute atomic E-state index is 13.8. The van der Waals surface area contributed by atoms with Crippen molar-refractivity contribution in [3.05, 3.63) is 35.9 Å². The van der Waals surface area contributed by atoms with Gasteiger partial charge in [0.2, 0.25) is 0 Å². The summed E-state index contributed by atoms with van der Waals surface area (Å²) in [4.78, 5) is 0. The molecule has 1 aromatic carbocycles. The van der Waals surface area contributed by atoms with Crippen molar-refractivity contribution >= 4 is 0 Å². The van der Waals surface area contributed by atoms with Crippen LogP contribution in [0.15, 0.2) is 24.3 Å². The molecular weight excluding hydrogens is 212 g/mol. The maximum atomic E-state index is 13.8. The fourth-order valence-electron chi connectivity index (χ4n) is 1.44. The second-order valence-electron chi connectivity index (χ2n) is 3.40. The second-order valence-corrected chi connectivity index (χ2v) is 3.40. The van der Waals surface area contributed by atoms with Crippen LogP contribution in [0.25, 0.3) is 0 Å². The minimum Gasteiger partial charge on any atom is -0.285 e. The molecule has 0 saturated heterocycles. The highest BCUT2D eigenvalue weighted by molar-refractivity contribution is 5.29. The molecule has 0 amide bonds. The van der Waals surface area contributed by atoms with E-state index in [0.717, 1.165) is 0 Å². The highest BCUT2D eigenvalue weighted by Gasteiger charge is 2.61. The molecule has 81 valence electrons. The van der Waals surface area contributed by atoms with E-state index < -0.39 is 18.1 Å². The lowest BCUT2D eigenvalue weighted by molar-refractivity contribution is -0.334. The van der Waals surface area contributed by atoms with Crippen LogP contribution >= 0.6 is 0 Å².